The third-order valence-corrected chi connectivity index (χ3v) is 18.8. The van der Waals surface area contributed by atoms with Gasteiger partial charge in [0, 0.05) is 68.1 Å². The van der Waals surface area contributed by atoms with Crippen molar-refractivity contribution in [3.8, 4) is 0 Å². The number of nitrogens with zero attached hydrogens (tertiary/aromatic N) is 7. The molecule has 0 spiro atoms. The summed E-state index contributed by atoms with van der Waals surface area (Å²) in [5.41, 5.74) is -1.60. The number of allylic oxidation sites excluding steroid dienone is 2. The van der Waals surface area contributed by atoms with Crippen LogP contribution in [-0.2, 0) is 52.7 Å². The third kappa shape index (κ3) is 25.3. The molecule has 25 nitrogen and oxygen atoms in total. The highest BCUT2D eigenvalue weighted by Gasteiger charge is 2.47. The highest BCUT2D eigenvalue weighted by atomic mass is 32.2. The summed E-state index contributed by atoms with van der Waals surface area (Å²) in [5.74, 6) is -9.78. The Bertz CT molecular complexity index is 2540. The Kier molecular flexibility index (Phi) is 36.7. The topological polar surface area (TPSA) is 319 Å². The van der Waals surface area contributed by atoms with Crippen LogP contribution in [-0.4, -0.2) is 260 Å². The molecule has 1 saturated heterocycles. The van der Waals surface area contributed by atoms with E-state index in [1.165, 1.54) is 113 Å². The summed E-state index contributed by atoms with van der Waals surface area (Å²) < 4.78 is 0. The van der Waals surface area contributed by atoms with Crippen LogP contribution < -0.4 is 21.3 Å². The molecule has 0 aromatic heterocycles. The van der Waals surface area contributed by atoms with Crippen LogP contribution in [0.2, 0.25) is 0 Å². The third-order valence-electron chi connectivity index (χ3n) is 17.7. The van der Waals surface area contributed by atoms with Crippen molar-refractivity contribution in [2.45, 2.75) is 254 Å². The van der Waals surface area contributed by atoms with E-state index in [-0.39, 0.29) is 68.6 Å². The lowest BCUT2D eigenvalue weighted by molar-refractivity contribution is -0.157. The Hall–Kier alpha value is -5.86. The molecule has 1 rings (SSSR count). The highest BCUT2D eigenvalue weighted by Crippen LogP contribution is 2.27. The van der Waals surface area contributed by atoms with Crippen molar-refractivity contribution >= 4 is 76.7 Å². The summed E-state index contributed by atoms with van der Waals surface area (Å²) in [6.45, 7) is 28.9. The van der Waals surface area contributed by atoms with Crippen molar-refractivity contribution in [1.82, 2.24) is 55.6 Å². The minimum absolute atomic E-state index is 0.0331. The molecule has 13 atom stereocenters. The number of aliphatic hydroxyl groups excluding tert-OH is 2. The van der Waals surface area contributed by atoms with Gasteiger partial charge in [0.2, 0.25) is 65.0 Å². The molecule has 1 heterocycles. The molecule has 0 saturated carbocycles. The van der Waals surface area contributed by atoms with Gasteiger partial charge in [-0.25, -0.2) is 0 Å². The number of hydrogen-bond donors (Lipinski definition) is 7. The van der Waals surface area contributed by atoms with Crippen LogP contribution in [0.5, 0.6) is 0 Å². The van der Waals surface area contributed by atoms with E-state index in [1.54, 1.807) is 60.6 Å². The van der Waals surface area contributed by atoms with Gasteiger partial charge in [0.1, 0.15) is 66.5 Å². The van der Waals surface area contributed by atoms with Crippen LogP contribution in [0.3, 0.4) is 0 Å². The smallest absolute Gasteiger partial charge is 0.246 e. The van der Waals surface area contributed by atoms with Gasteiger partial charge in [0.15, 0.2) is 0 Å². The largest absolute Gasteiger partial charge is 0.396 e. The van der Waals surface area contributed by atoms with Gasteiger partial charge in [-0.1, -0.05) is 95.2 Å². The second kappa shape index (κ2) is 40.0. The number of rotatable bonds is 22. The predicted molar refractivity (Wildman–Crippen MR) is 367 cm³/mol. The first-order valence-electron chi connectivity index (χ1n) is 33.8. The van der Waals surface area contributed by atoms with Crippen molar-refractivity contribution < 1.29 is 68.1 Å². The van der Waals surface area contributed by atoms with Gasteiger partial charge >= 0.3 is 0 Å². The maximum Gasteiger partial charge on any atom is 0.246 e. The molecule has 0 bridgehead atoms. The van der Waals surface area contributed by atoms with Crippen LogP contribution in [0.4, 0.5) is 0 Å². The molecule has 1 aliphatic rings. The Morgan fingerprint density at radius 3 is 1.47 bits per heavy atom. The van der Waals surface area contributed by atoms with Crippen molar-refractivity contribution in [3.05, 3.63) is 12.2 Å². The summed E-state index contributed by atoms with van der Waals surface area (Å²) in [6.07, 6.45) is 3.77. The number of amides is 11. The number of thioether (sulfide) groups is 1. The summed E-state index contributed by atoms with van der Waals surface area (Å²) in [6, 6.07) is -14.5. The molecule has 0 aromatic carbocycles. The molecule has 0 aromatic rings. The van der Waals surface area contributed by atoms with Gasteiger partial charge < -0.3 is 70.9 Å². The number of aliphatic hydroxyl groups is 3. The van der Waals surface area contributed by atoms with E-state index in [0.29, 0.717) is 25.0 Å². The molecule has 540 valence electrons. The molecule has 7 N–H and O–H groups in total. The fourth-order valence-electron chi connectivity index (χ4n) is 11.6. The number of hydrogen-bond acceptors (Lipinski definition) is 15. The molecular weight excluding hydrogens is 1230 g/mol. The molecular formula is C68H123N11O14S. The number of carbonyl (C=O) groups is 11. The standard InChI is InChI=1S/C68H123N11O14S/c1-25-27-30-44(13)56(81)55-60(85)71-47(26-2)62(87)77(22)52(38-94-34-29-28-33-80)65(90)76(21)51(37-68(16,17)93)59(84)72-53(42(9)10)66(91)73(18)48(32-31-39(3)4)58(83)69-45(14)57(82)70-46(15)61(86)74(19)49(35-40(5)6)63(88)75(20)50(36-41(7)8)64(89)78(23)54(43(11)12)67(92)79(55)24/h25,27,39-56,80-81,93H,26,28-38H2,1-24H3,(H,69,83)(H,70,82)(H,71,85)(H,72,84)/b27-25+/t44-,45-,46+,47-,48-,49+,50-,51+,52-,53-,54-,55+,56-/m1/s1. The lowest BCUT2D eigenvalue weighted by Gasteiger charge is -2.41. The van der Waals surface area contributed by atoms with Crippen molar-refractivity contribution in [2.24, 2.45) is 35.5 Å². The van der Waals surface area contributed by atoms with E-state index in [2.05, 4.69) is 21.3 Å². The predicted octanol–water partition coefficient (Wildman–Crippen LogP) is 3.65. The number of unbranched alkanes of at least 4 members (excludes halogenated alkanes) is 1. The zero-order valence-electron chi connectivity index (χ0n) is 61.4. The molecule has 0 radical (unpaired) electrons. The second-order valence-electron chi connectivity index (χ2n) is 28.5. The Morgan fingerprint density at radius 1 is 0.521 bits per heavy atom. The summed E-state index contributed by atoms with van der Waals surface area (Å²) in [7, 11) is 9.79. The van der Waals surface area contributed by atoms with Gasteiger partial charge in [0.05, 0.1) is 11.7 Å². The maximum atomic E-state index is 15.3. The minimum atomic E-state index is -1.67. The second-order valence-corrected chi connectivity index (χ2v) is 29.7. The van der Waals surface area contributed by atoms with Crippen LogP contribution >= 0.6 is 11.8 Å². The van der Waals surface area contributed by atoms with E-state index in [4.69, 9.17) is 0 Å². The first-order chi connectivity index (χ1) is 43.5. The monoisotopic (exact) mass is 1350 g/mol. The Morgan fingerprint density at radius 2 is 0.989 bits per heavy atom. The zero-order chi connectivity index (χ0) is 72.7. The molecule has 0 unspecified atom stereocenters. The number of nitrogens with one attached hydrogen (secondary N) is 4. The van der Waals surface area contributed by atoms with Crippen LogP contribution in [0.25, 0.3) is 0 Å². The molecule has 94 heavy (non-hydrogen) atoms. The van der Waals surface area contributed by atoms with E-state index in [0.717, 1.165) is 9.80 Å². The Labute approximate surface area is 566 Å². The van der Waals surface area contributed by atoms with Gasteiger partial charge in [-0.15, -0.1) is 0 Å². The first kappa shape index (κ1) is 86.2. The summed E-state index contributed by atoms with van der Waals surface area (Å²) in [5, 5.41) is 44.2. The minimum Gasteiger partial charge on any atom is -0.396 e. The van der Waals surface area contributed by atoms with E-state index >= 15 is 28.8 Å². The number of likely N-dealkylation sites (N-methyl/N-ethyl adjacent to an activating group) is 7. The SMILES string of the molecule is C/C=C/C[C@@H](C)[C@@H](O)[C@H]1C(=O)N[C@H](CC)C(=O)N(C)[C@H](CSCCCCO)C(=O)N(C)[C@@H](CC(C)(C)O)C(=O)N[C@H](C(C)C)C(=O)N(C)[C@H](CCC(C)C)C(=O)N[C@H](C)C(=O)N[C@@H](C)C(=O)N(C)[C@@H](CC(C)C)C(=O)N(C)[C@H](CC(C)C)C(=O)N(C)[C@H](C(C)C)C(=O)N1C. The van der Waals surface area contributed by atoms with Crippen LogP contribution in [0.1, 0.15) is 175 Å². The Balaban J connectivity index is 4.57. The fourth-order valence-corrected chi connectivity index (χ4v) is 12.8. The maximum absolute atomic E-state index is 15.3. The molecule has 1 fully saturated rings. The lowest BCUT2D eigenvalue weighted by atomic mass is 9.91. The van der Waals surface area contributed by atoms with E-state index < -0.39 is 161 Å². The molecule has 26 heteroatoms. The van der Waals surface area contributed by atoms with Crippen molar-refractivity contribution in [2.75, 3.05) is 67.4 Å². The van der Waals surface area contributed by atoms with Crippen molar-refractivity contribution in [3.63, 3.8) is 0 Å². The van der Waals surface area contributed by atoms with Gasteiger partial charge in [-0.05, 0) is 127 Å². The highest BCUT2D eigenvalue weighted by molar-refractivity contribution is 7.99. The van der Waals surface area contributed by atoms with Crippen molar-refractivity contribution in [1.29, 1.82) is 0 Å². The van der Waals surface area contributed by atoms with Gasteiger partial charge in [-0.2, -0.15) is 11.8 Å². The van der Waals surface area contributed by atoms with E-state index in [9.17, 15) is 39.3 Å². The quantitative estimate of drug-likeness (QED) is 0.0601. The average Bonchev–Trinajstić information content (AvgIpc) is 0.811. The lowest BCUT2D eigenvalue weighted by Crippen LogP contribution is -2.64. The zero-order valence-corrected chi connectivity index (χ0v) is 62.2. The first-order valence-corrected chi connectivity index (χ1v) is 34.9. The van der Waals surface area contributed by atoms with Crippen LogP contribution in [0, 0.1) is 35.5 Å². The average molecular weight is 1350 g/mol. The number of carbonyl (C=O) groups excluding carboxylic acids is 11. The normalized spacial score (nSPS) is 26.4. The molecule has 0 aliphatic carbocycles. The summed E-state index contributed by atoms with van der Waals surface area (Å²) >= 11 is 1.31. The van der Waals surface area contributed by atoms with Gasteiger partial charge in [-0.3, -0.25) is 52.7 Å². The fraction of sp³-hybridized carbons (Fsp3) is 0.809. The molecule has 11 amide bonds. The molecule has 1 aliphatic heterocycles. The van der Waals surface area contributed by atoms with E-state index in [1.807, 2.05) is 41.5 Å². The van der Waals surface area contributed by atoms with Gasteiger partial charge in [0.25, 0.3) is 0 Å². The summed E-state index contributed by atoms with van der Waals surface area (Å²) in [4.78, 5) is 172. The van der Waals surface area contributed by atoms with Crippen LogP contribution in [0.15, 0.2) is 12.2 Å².